The molecule has 0 amide bonds. The fourth-order valence-electron chi connectivity index (χ4n) is 4.54. The standard InChI is InChI=1S/C17H25N3/c1-12-18-16-9-5-4-8-15(16)17(19-12)20-10-13-6-2-3-7-14(13)11-20/h13-14H,2-11H2,1H3. The molecule has 0 aromatic carbocycles. The van der Waals surface area contributed by atoms with Gasteiger partial charge in [-0.1, -0.05) is 12.8 Å². The topological polar surface area (TPSA) is 29.0 Å². The molecule has 1 saturated carbocycles. The van der Waals surface area contributed by atoms with Gasteiger partial charge in [-0.05, 0) is 57.3 Å². The number of rotatable bonds is 1. The lowest BCUT2D eigenvalue weighted by atomic mass is 9.82. The van der Waals surface area contributed by atoms with E-state index >= 15 is 0 Å². The minimum atomic E-state index is 0.929. The molecular weight excluding hydrogens is 246 g/mol. The third-order valence-corrected chi connectivity index (χ3v) is 5.55. The number of hydrogen-bond acceptors (Lipinski definition) is 3. The highest BCUT2D eigenvalue weighted by Gasteiger charge is 2.36. The van der Waals surface area contributed by atoms with Gasteiger partial charge in [0.2, 0.25) is 0 Å². The van der Waals surface area contributed by atoms with Crippen LogP contribution in [0.5, 0.6) is 0 Å². The molecule has 4 rings (SSSR count). The first kappa shape index (κ1) is 12.6. The van der Waals surface area contributed by atoms with Crippen LogP contribution in [-0.2, 0) is 12.8 Å². The van der Waals surface area contributed by atoms with E-state index in [9.17, 15) is 0 Å². The van der Waals surface area contributed by atoms with Crippen molar-refractivity contribution < 1.29 is 0 Å². The quantitative estimate of drug-likeness (QED) is 0.785. The molecule has 1 saturated heterocycles. The molecule has 1 aromatic heterocycles. The molecule has 2 heterocycles. The summed E-state index contributed by atoms with van der Waals surface area (Å²) in [6, 6.07) is 0. The summed E-state index contributed by atoms with van der Waals surface area (Å²) < 4.78 is 0. The van der Waals surface area contributed by atoms with E-state index in [0.717, 1.165) is 24.1 Å². The summed E-state index contributed by atoms with van der Waals surface area (Å²) in [6.45, 7) is 4.54. The van der Waals surface area contributed by atoms with E-state index < -0.39 is 0 Å². The molecule has 2 aliphatic carbocycles. The first-order valence-corrected chi connectivity index (χ1v) is 8.42. The van der Waals surface area contributed by atoms with Crippen LogP contribution in [-0.4, -0.2) is 23.1 Å². The van der Waals surface area contributed by atoms with E-state index in [4.69, 9.17) is 9.97 Å². The molecule has 0 radical (unpaired) electrons. The van der Waals surface area contributed by atoms with E-state index in [1.807, 2.05) is 0 Å². The summed E-state index contributed by atoms with van der Waals surface area (Å²) in [5.74, 6) is 4.12. The van der Waals surface area contributed by atoms with Gasteiger partial charge in [0, 0.05) is 24.3 Å². The average molecular weight is 271 g/mol. The second kappa shape index (κ2) is 5.01. The fourth-order valence-corrected chi connectivity index (χ4v) is 4.54. The van der Waals surface area contributed by atoms with Crippen LogP contribution in [0.25, 0.3) is 0 Å². The van der Waals surface area contributed by atoms with Gasteiger partial charge in [0.15, 0.2) is 0 Å². The minimum Gasteiger partial charge on any atom is -0.356 e. The van der Waals surface area contributed by atoms with Crippen LogP contribution >= 0.6 is 0 Å². The molecule has 1 aromatic rings. The van der Waals surface area contributed by atoms with Gasteiger partial charge in [0.05, 0.1) is 0 Å². The number of fused-ring (bicyclic) bond motifs is 2. The molecule has 3 aliphatic rings. The summed E-state index contributed by atoms with van der Waals surface area (Å²) in [4.78, 5) is 12.1. The zero-order valence-electron chi connectivity index (χ0n) is 12.6. The zero-order valence-corrected chi connectivity index (χ0v) is 12.6. The predicted octanol–water partition coefficient (Wildman–Crippen LogP) is 3.29. The molecule has 3 heteroatoms. The van der Waals surface area contributed by atoms with Gasteiger partial charge in [-0.3, -0.25) is 0 Å². The highest BCUT2D eigenvalue weighted by atomic mass is 15.2. The number of aromatic nitrogens is 2. The van der Waals surface area contributed by atoms with Crippen molar-refractivity contribution in [2.45, 2.75) is 58.3 Å². The van der Waals surface area contributed by atoms with Gasteiger partial charge in [0.1, 0.15) is 11.6 Å². The van der Waals surface area contributed by atoms with Crippen LogP contribution in [0.3, 0.4) is 0 Å². The van der Waals surface area contributed by atoms with Crippen molar-refractivity contribution in [3.8, 4) is 0 Å². The second-order valence-corrected chi connectivity index (χ2v) is 6.94. The highest BCUT2D eigenvalue weighted by Crippen LogP contribution is 2.39. The molecule has 108 valence electrons. The molecular formula is C17H25N3. The molecule has 2 fully saturated rings. The fraction of sp³-hybridized carbons (Fsp3) is 0.765. The van der Waals surface area contributed by atoms with Crippen molar-refractivity contribution in [1.82, 2.24) is 9.97 Å². The smallest absolute Gasteiger partial charge is 0.135 e. The van der Waals surface area contributed by atoms with Gasteiger partial charge in [-0.2, -0.15) is 0 Å². The Hall–Kier alpha value is -1.12. The Morgan fingerprint density at radius 1 is 0.900 bits per heavy atom. The summed E-state index contributed by atoms with van der Waals surface area (Å²) in [6.07, 6.45) is 10.7. The SMILES string of the molecule is Cc1nc2c(c(N3CC4CCCCC4C3)n1)CCCC2. The molecule has 0 N–H and O–H groups in total. The minimum absolute atomic E-state index is 0.929. The summed E-state index contributed by atoms with van der Waals surface area (Å²) >= 11 is 0. The summed E-state index contributed by atoms with van der Waals surface area (Å²) in [5.41, 5.74) is 2.81. The summed E-state index contributed by atoms with van der Waals surface area (Å²) in [5, 5.41) is 0. The number of anilines is 1. The Bertz CT molecular complexity index is 497. The number of nitrogens with zero attached hydrogens (tertiary/aromatic N) is 3. The molecule has 20 heavy (non-hydrogen) atoms. The zero-order chi connectivity index (χ0) is 13.5. The summed E-state index contributed by atoms with van der Waals surface area (Å²) in [7, 11) is 0. The lowest BCUT2D eigenvalue weighted by molar-refractivity contribution is 0.299. The Labute approximate surface area is 121 Å². The van der Waals surface area contributed by atoms with E-state index in [0.29, 0.717) is 0 Å². The lowest BCUT2D eigenvalue weighted by Crippen LogP contribution is -2.25. The van der Waals surface area contributed by atoms with Crippen molar-refractivity contribution in [3.63, 3.8) is 0 Å². The average Bonchev–Trinajstić information content (AvgIpc) is 2.90. The van der Waals surface area contributed by atoms with Crippen molar-refractivity contribution in [1.29, 1.82) is 0 Å². The highest BCUT2D eigenvalue weighted by molar-refractivity contribution is 5.51. The van der Waals surface area contributed by atoms with E-state index in [2.05, 4.69) is 11.8 Å². The van der Waals surface area contributed by atoms with Gasteiger partial charge >= 0.3 is 0 Å². The maximum atomic E-state index is 4.84. The van der Waals surface area contributed by atoms with Crippen LogP contribution in [0.15, 0.2) is 0 Å². The van der Waals surface area contributed by atoms with Gasteiger partial charge in [-0.15, -0.1) is 0 Å². The van der Waals surface area contributed by atoms with Crippen LogP contribution < -0.4 is 4.90 Å². The largest absolute Gasteiger partial charge is 0.356 e. The van der Waals surface area contributed by atoms with E-state index in [1.54, 1.807) is 0 Å². The Kier molecular flexibility index (Phi) is 3.16. The third-order valence-electron chi connectivity index (χ3n) is 5.55. The van der Waals surface area contributed by atoms with Gasteiger partial charge < -0.3 is 4.90 Å². The van der Waals surface area contributed by atoms with E-state index in [-0.39, 0.29) is 0 Å². The van der Waals surface area contributed by atoms with Gasteiger partial charge in [-0.25, -0.2) is 9.97 Å². The predicted molar refractivity (Wildman–Crippen MR) is 81.1 cm³/mol. The lowest BCUT2D eigenvalue weighted by Gasteiger charge is -2.25. The molecule has 2 unspecified atom stereocenters. The molecule has 2 atom stereocenters. The van der Waals surface area contributed by atoms with Crippen molar-refractivity contribution in [2.24, 2.45) is 11.8 Å². The van der Waals surface area contributed by atoms with Gasteiger partial charge in [0.25, 0.3) is 0 Å². The first-order valence-electron chi connectivity index (χ1n) is 8.42. The Morgan fingerprint density at radius 3 is 2.35 bits per heavy atom. The normalized spacial score (nSPS) is 29.1. The first-order chi connectivity index (χ1) is 9.81. The monoisotopic (exact) mass is 271 g/mol. The number of hydrogen-bond donors (Lipinski definition) is 0. The van der Waals surface area contributed by atoms with Crippen molar-refractivity contribution in [3.05, 3.63) is 17.1 Å². The van der Waals surface area contributed by atoms with Crippen LogP contribution in [0, 0.1) is 18.8 Å². The van der Waals surface area contributed by atoms with Crippen LogP contribution in [0.1, 0.15) is 55.6 Å². The Balaban J connectivity index is 1.66. The molecule has 3 nitrogen and oxygen atoms in total. The maximum absolute atomic E-state index is 4.84. The van der Waals surface area contributed by atoms with Crippen molar-refractivity contribution >= 4 is 5.82 Å². The van der Waals surface area contributed by atoms with Crippen LogP contribution in [0.4, 0.5) is 5.82 Å². The van der Waals surface area contributed by atoms with Crippen molar-refractivity contribution in [2.75, 3.05) is 18.0 Å². The van der Waals surface area contributed by atoms with Crippen LogP contribution in [0.2, 0.25) is 0 Å². The molecule has 1 aliphatic heterocycles. The Morgan fingerprint density at radius 2 is 1.60 bits per heavy atom. The third kappa shape index (κ3) is 2.11. The molecule has 0 spiro atoms. The second-order valence-electron chi connectivity index (χ2n) is 6.94. The number of aryl methyl sites for hydroxylation is 2. The maximum Gasteiger partial charge on any atom is 0.135 e. The van der Waals surface area contributed by atoms with E-state index in [1.165, 1.54) is 75.1 Å². The molecule has 0 bridgehead atoms.